The molecular formula is C26H44FN3O5S. The first-order chi connectivity index (χ1) is 16.8. The number of benzene rings is 1. The van der Waals surface area contributed by atoms with Crippen LogP contribution < -0.4 is 16.4 Å². The van der Waals surface area contributed by atoms with Crippen molar-refractivity contribution in [2.75, 3.05) is 18.6 Å². The van der Waals surface area contributed by atoms with Gasteiger partial charge in [-0.2, -0.15) is 0 Å². The van der Waals surface area contributed by atoms with Crippen LogP contribution in [0.15, 0.2) is 41.2 Å². The van der Waals surface area contributed by atoms with Crippen LogP contribution in [0.1, 0.15) is 59.9 Å². The minimum Gasteiger partial charge on any atom is -0.404 e. The molecule has 2 atom stereocenters. The highest BCUT2D eigenvalue weighted by atomic mass is 32.2. The van der Waals surface area contributed by atoms with Crippen LogP contribution in [0.25, 0.3) is 0 Å². The molecule has 1 aromatic rings. The molecule has 1 rings (SSSR count). The molecule has 0 radical (unpaired) electrons. The van der Waals surface area contributed by atoms with Gasteiger partial charge in [0.25, 0.3) is 5.91 Å². The zero-order valence-corrected chi connectivity index (χ0v) is 23.9. The summed E-state index contributed by atoms with van der Waals surface area (Å²) in [6.07, 6.45) is 4.68. The van der Waals surface area contributed by atoms with Crippen molar-refractivity contribution in [3.05, 3.63) is 52.6 Å². The summed E-state index contributed by atoms with van der Waals surface area (Å²) < 4.78 is 35.1. The van der Waals surface area contributed by atoms with Gasteiger partial charge in [0.2, 0.25) is 0 Å². The molecule has 0 spiro atoms. The lowest BCUT2D eigenvalue weighted by atomic mass is 10.1. The second-order valence-electron chi connectivity index (χ2n) is 7.85. The fourth-order valence-corrected chi connectivity index (χ4v) is 3.11. The van der Waals surface area contributed by atoms with Gasteiger partial charge in [-0.3, -0.25) is 4.79 Å². The number of carbonyl (C=O) groups excluding carboxylic acids is 3. The highest BCUT2D eigenvalue weighted by Gasteiger charge is 2.16. The molecular weight excluding hydrogens is 485 g/mol. The Bertz CT molecular complexity index is 976. The van der Waals surface area contributed by atoms with Crippen molar-refractivity contribution < 1.29 is 27.2 Å². The molecule has 0 saturated carbocycles. The second-order valence-corrected chi connectivity index (χ2v) is 10.3. The van der Waals surface area contributed by atoms with Crippen LogP contribution in [0.5, 0.6) is 0 Å². The fraction of sp³-hybridized carbons (Fsp3) is 0.500. The van der Waals surface area contributed by atoms with E-state index in [0.717, 1.165) is 6.29 Å². The van der Waals surface area contributed by atoms with Crippen molar-refractivity contribution in [3.63, 3.8) is 0 Å². The number of allylic oxidation sites excluding steroid dienone is 1. The van der Waals surface area contributed by atoms with E-state index >= 15 is 0 Å². The number of amides is 1. The van der Waals surface area contributed by atoms with Gasteiger partial charge in [0.15, 0.2) is 0 Å². The molecule has 36 heavy (non-hydrogen) atoms. The second kappa shape index (κ2) is 20.2. The molecule has 1 aromatic carbocycles. The smallest absolute Gasteiger partial charge is 0.257 e. The third-order valence-electron chi connectivity index (χ3n) is 5.03. The topological polar surface area (TPSA) is 135 Å². The molecule has 206 valence electrons. The molecule has 1 amide bonds. The Morgan fingerprint density at radius 2 is 1.69 bits per heavy atom. The first kappa shape index (κ1) is 37.5. The van der Waals surface area contributed by atoms with E-state index in [9.17, 15) is 22.4 Å². The van der Waals surface area contributed by atoms with E-state index in [1.54, 1.807) is 47.7 Å². The van der Waals surface area contributed by atoms with Crippen LogP contribution in [0.4, 0.5) is 10.1 Å². The molecule has 0 aromatic heterocycles. The van der Waals surface area contributed by atoms with Crippen LogP contribution >= 0.6 is 0 Å². The Balaban J connectivity index is -0.000000583. The lowest BCUT2D eigenvalue weighted by Gasteiger charge is -2.13. The van der Waals surface area contributed by atoms with Gasteiger partial charge in [0.05, 0.1) is 10.8 Å². The summed E-state index contributed by atoms with van der Waals surface area (Å²) in [6.45, 7) is 14.7. The summed E-state index contributed by atoms with van der Waals surface area (Å²) in [5.41, 5.74) is 8.34. The monoisotopic (exact) mass is 529 g/mol. The first-order valence-corrected chi connectivity index (χ1v) is 13.5. The summed E-state index contributed by atoms with van der Waals surface area (Å²) in [6, 6.07) is 4.43. The normalized spacial score (nSPS) is 13.0. The molecule has 8 nitrogen and oxygen atoms in total. The van der Waals surface area contributed by atoms with Crippen molar-refractivity contribution >= 4 is 34.5 Å². The zero-order chi connectivity index (χ0) is 29.1. The number of rotatable bonds is 9. The van der Waals surface area contributed by atoms with E-state index in [1.807, 2.05) is 20.6 Å². The van der Waals surface area contributed by atoms with Gasteiger partial charge in [-0.05, 0) is 76.1 Å². The van der Waals surface area contributed by atoms with Crippen molar-refractivity contribution in [1.82, 2.24) is 5.32 Å². The predicted octanol–water partition coefficient (Wildman–Crippen LogP) is 4.30. The number of halogens is 1. The average molecular weight is 530 g/mol. The maximum absolute atomic E-state index is 13.2. The number of carbonyl (C=O) groups is 3. The standard InChI is InChI=1S/C15H20FN3O.C8H16O3S.C2H6.CH2O/c1-9-7-12(5-6-13(9)16)19-15(20)14(10(2)8-17)11(3)18-4;1-7(6-9)4-5-8(2)12(3,10)11;2*1-2/h5-8,18H,17H2,1-4H3,(H,19,20);6-8H,4-5H2,1-3H3;1-2H3;1H2/b10-8+,14-11+;;;. The third kappa shape index (κ3) is 15.1. The van der Waals surface area contributed by atoms with E-state index in [1.165, 1.54) is 24.6 Å². The van der Waals surface area contributed by atoms with E-state index in [4.69, 9.17) is 10.5 Å². The Labute approximate surface area is 216 Å². The van der Waals surface area contributed by atoms with Gasteiger partial charge >= 0.3 is 0 Å². The van der Waals surface area contributed by atoms with Gasteiger partial charge < -0.3 is 26.0 Å². The molecule has 10 heteroatoms. The van der Waals surface area contributed by atoms with Crippen molar-refractivity contribution in [2.24, 2.45) is 11.7 Å². The average Bonchev–Trinajstić information content (AvgIpc) is 2.86. The van der Waals surface area contributed by atoms with Gasteiger partial charge in [0, 0.05) is 30.6 Å². The fourth-order valence-electron chi connectivity index (χ4n) is 2.55. The Morgan fingerprint density at radius 3 is 2.08 bits per heavy atom. The number of sulfone groups is 1. The molecule has 0 bridgehead atoms. The van der Waals surface area contributed by atoms with Crippen LogP contribution in [0.2, 0.25) is 0 Å². The zero-order valence-electron chi connectivity index (χ0n) is 23.1. The number of hydrogen-bond acceptors (Lipinski definition) is 7. The van der Waals surface area contributed by atoms with Crippen LogP contribution in [-0.2, 0) is 24.2 Å². The van der Waals surface area contributed by atoms with E-state index < -0.39 is 9.84 Å². The number of aldehydes is 1. The van der Waals surface area contributed by atoms with E-state index in [2.05, 4.69) is 10.6 Å². The molecule has 4 N–H and O–H groups in total. The lowest BCUT2D eigenvalue weighted by Crippen LogP contribution is -2.20. The Morgan fingerprint density at radius 1 is 1.17 bits per heavy atom. The maximum Gasteiger partial charge on any atom is 0.257 e. The molecule has 0 aliphatic carbocycles. The number of aryl methyl sites for hydroxylation is 1. The minimum absolute atomic E-state index is 0.0331. The van der Waals surface area contributed by atoms with Gasteiger partial charge in [-0.1, -0.05) is 20.8 Å². The van der Waals surface area contributed by atoms with E-state index in [0.29, 0.717) is 40.9 Å². The quantitative estimate of drug-likeness (QED) is 0.246. The first-order valence-electron chi connectivity index (χ1n) is 11.6. The number of nitrogens with one attached hydrogen (secondary N) is 2. The number of hydrogen-bond donors (Lipinski definition) is 3. The minimum atomic E-state index is -2.92. The van der Waals surface area contributed by atoms with Crippen LogP contribution in [0.3, 0.4) is 0 Å². The third-order valence-corrected chi connectivity index (χ3v) is 6.73. The van der Waals surface area contributed by atoms with Crippen LogP contribution in [-0.4, -0.2) is 46.0 Å². The Kier molecular flexibility index (Phi) is 21.1. The largest absolute Gasteiger partial charge is 0.404 e. The number of nitrogens with two attached hydrogens (primary N) is 1. The molecule has 0 fully saturated rings. The summed E-state index contributed by atoms with van der Waals surface area (Å²) in [7, 11) is -1.19. The number of anilines is 1. The van der Waals surface area contributed by atoms with E-state index in [-0.39, 0.29) is 22.9 Å². The highest BCUT2D eigenvalue weighted by Crippen LogP contribution is 2.18. The van der Waals surface area contributed by atoms with Gasteiger partial charge in [-0.15, -0.1) is 0 Å². The molecule has 2 unspecified atom stereocenters. The summed E-state index contributed by atoms with van der Waals surface area (Å²) in [5.74, 6) is -0.625. The summed E-state index contributed by atoms with van der Waals surface area (Å²) in [5, 5.41) is 5.34. The summed E-state index contributed by atoms with van der Waals surface area (Å²) in [4.78, 5) is 30.5. The van der Waals surface area contributed by atoms with Crippen molar-refractivity contribution in [1.29, 1.82) is 0 Å². The maximum atomic E-state index is 13.2. The lowest BCUT2D eigenvalue weighted by molar-refractivity contribution is -0.113. The molecule has 0 aliphatic heterocycles. The SMILES string of the molecule is C=O.CC.CC(C=O)CCC(C)S(C)(=O)=O.CN/C(C)=C(C(=O)Nc1ccc(F)c(C)c1)\C(C)=C\N. The van der Waals surface area contributed by atoms with Gasteiger partial charge in [0.1, 0.15) is 28.7 Å². The van der Waals surface area contributed by atoms with Crippen molar-refractivity contribution in [3.8, 4) is 0 Å². The van der Waals surface area contributed by atoms with Crippen LogP contribution in [0, 0.1) is 18.7 Å². The highest BCUT2D eigenvalue weighted by molar-refractivity contribution is 7.91. The van der Waals surface area contributed by atoms with Gasteiger partial charge in [-0.25, -0.2) is 12.8 Å². The Hall–Kier alpha value is -3.01. The van der Waals surface area contributed by atoms with Crippen molar-refractivity contribution in [2.45, 2.75) is 66.6 Å². The molecule has 0 aliphatic rings. The predicted molar refractivity (Wildman–Crippen MR) is 147 cm³/mol. The molecule has 0 saturated heterocycles. The molecule has 0 heterocycles. The summed E-state index contributed by atoms with van der Waals surface area (Å²) >= 11 is 0.